The van der Waals surface area contributed by atoms with Gasteiger partial charge in [-0.15, -0.1) is 0 Å². The Bertz CT molecular complexity index is 711. The molecule has 7 nitrogen and oxygen atoms in total. The fourth-order valence-electron chi connectivity index (χ4n) is 3.09. The van der Waals surface area contributed by atoms with Crippen LogP contribution in [0.25, 0.3) is 0 Å². The molecule has 0 bridgehead atoms. The number of aromatic nitrogens is 1. The van der Waals surface area contributed by atoms with Gasteiger partial charge in [0.25, 0.3) is 0 Å². The molecule has 0 aliphatic carbocycles. The molecular weight excluding hydrogens is 354 g/mol. The number of nitrogens with one attached hydrogen (secondary N) is 2. The van der Waals surface area contributed by atoms with E-state index in [1.807, 2.05) is 24.3 Å². The first kappa shape index (κ1) is 20.2. The lowest BCUT2D eigenvalue weighted by molar-refractivity contribution is 0.0322. The highest BCUT2D eigenvalue weighted by Gasteiger charge is 2.09. The average molecular weight is 386 g/mol. The van der Waals surface area contributed by atoms with Gasteiger partial charge in [-0.3, -0.25) is 9.89 Å². The predicted molar refractivity (Wildman–Crippen MR) is 112 cm³/mol. The maximum absolute atomic E-state index is 5.93. The molecule has 1 fully saturated rings. The third kappa shape index (κ3) is 6.90. The number of morpholine rings is 1. The number of rotatable bonds is 9. The standard InChI is InChI=1S/C21H31N5O2/c1-22-21(23-7-10-25-8-2-3-9-25)24-18-19-5-4-6-20(17-19)28-16-13-26-11-14-27-15-12-26/h2-6,8-9,17H,7,10-16,18H2,1H3,(H2,22,23,24). The van der Waals surface area contributed by atoms with E-state index in [1.165, 1.54) is 0 Å². The molecule has 1 aliphatic heterocycles. The molecule has 1 saturated heterocycles. The Morgan fingerprint density at radius 3 is 2.71 bits per heavy atom. The van der Waals surface area contributed by atoms with E-state index < -0.39 is 0 Å². The van der Waals surface area contributed by atoms with E-state index in [2.05, 4.69) is 49.6 Å². The summed E-state index contributed by atoms with van der Waals surface area (Å²) in [5.41, 5.74) is 1.16. The maximum Gasteiger partial charge on any atom is 0.191 e. The molecule has 2 heterocycles. The van der Waals surface area contributed by atoms with Gasteiger partial charge in [0.05, 0.1) is 13.2 Å². The van der Waals surface area contributed by atoms with Crippen molar-refractivity contribution in [2.24, 2.45) is 4.99 Å². The maximum atomic E-state index is 5.93. The third-order valence-electron chi connectivity index (χ3n) is 4.69. The van der Waals surface area contributed by atoms with Crippen molar-refractivity contribution in [2.45, 2.75) is 13.1 Å². The molecule has 0 saturated carbocycles. The molecule has 7 heteroatoms. The zero-order chi connectivity index (χ0) is 19.4. The minimum Gasteiger partial charge on any atom is -0.492 e. The van der Waals surface area contributed by atoms with Gasteiger partial charge in [-0.1, -0.05) is 12.1 Å². The molecule has 0 radical (unpaired) electrons. The number of hydrogen-bond acceptors (Lipinski definition) is 4. The Balaban J connectivity index is 1.37. The number of ether oxygens (including phenoxy) is 2. The van der Waals surface area contributed by atoms with Crippen LogP contribution >= 0.6 is 0 Å². The van der Waals surface area contributed by atoms with Crippen molar-refractivity contribution in [3.8, 4) is 5.75 Å². The first-order chi connectivity index (χ1) is 13.8. The molecule has 0 amide bonds. The second kappa shape index (κ2) is 11.4. The van der Waals surface area contributed by atoms with Gasteiger partial charge in [0.1, 0.15) is 12.4 Å². The summed E-state index contributed by atoms with van der Waals surface area (Å²) in [6, 6.07) is 12.3. The van der Waals surface area contributed by atoms with E-state index in [4.69, 9.17) is 9.47 Å². The summed E-state index contributed by atoms with van der Waals surface area (Å²) in [4.78, 5) is 6.66. The van der Waals surface area contributed by atoms with Crippen molar-refractivity contribution in [1.29, 1.82) is 0 Å². The van der Waals surface area contributed by atoms with Crippen LogP contribution in [0.15, 0.2) is 53.8 Å². The molecule has 28 heavy (non-hydrogen) atoms. The van der Waals surface area contributed by atoms with E-state index in [9.17, 15) is 0 Å². The number of nitrogens with zero attached hydrogens (tertiary/aromatic N) is 3. The van der Waals surface area contributed by atoms with Crippen molar-refractivity contribution >= 4 is 5.96 Å². The van der Waals surface area contributed by atoms with Crippen LogP contribution < -0.4 is 15.4 Å². The molecule has 0 unspecified atom stereocenters. The molecule has 152 valence electrons. The van der Waals surface area contributed by atoms with Crippen LogP contribution in [0.3, 0.4) is 0 Å². The number of benzene rings is 1. The van der Waals surface area contributed by atoms with E-state index in [1.54, 1.807) is 7.05 Å². The van der Waals surface area contributed by atoms with Gasteiger partial charge >= 0.3 is 0 Å². The number of hydrogen-bond donors (Lipinski definition) is 2. The molecule has 0 atom stereocenters. The summed E-state index contributed by atoms with van der Waals surface area (Å²) in [5.74, 6) is 1.70. The lowest BCUT2D eigenvalue weighted by atomic mass is 10.2. The Kier molecular flexibility index (Phi) is 8.21. The van der Waals surface area contributed by atoms with E-state index in [0.717, 1.165) is 63.2 Å². The van der Waals surface area contributed by atoms with Crippen molar-refractivity contribution in [3.63, 3.8) is 0 Å². The molecule has 1 aromatic carbocycles. The van der Waals surface area contributed by atoms with Gasteiger partial charge in [-0.05, 0) is 29.8 Å². The minimum atomic E-state index is 0.694. The Hall–Kier alpha value is -2.51. The molecular formula is C21H31N5O2. The first-order valence-electron chi connectivity index (χ1n) is 9.90. The predicted octanol–water partition coefficient (Wildman–Crippen LogP) is 1.56. The van der Waals surface area contributed by atoms with Gasteiger partial charge in [0, 0.05) is 58.7 Å². The normalized spacial score (nSPS) is 15.4. The number of guanidine groups is 1. The van der Waals surface area contributed by atoms with Crippen LogP contribution in [0.4, 0.5) is 0 Å². The summed E-state index contributed by atoms with van der Waals surface area (Å²) in [6.07, 6.45) is 4.12. The second-order valence-corrected chi connectivity index (χ2v) is 6.72. The summed E-state index contributed by atoms with van der Waals surface area (Å²) in [7, 11) is 1.79. The van der Waals surface area contributed by atoms with Crippen LogP contribution in [0.5, 0.6) is 5.75 Å². The van der Waals surface area contributed by atoms with E-state index >= 15 is 0 Å². The van der Waals surface area contributed by atoms with Gasteiger partial charge in [-0.2, -0.15) is 0 Å². The quantitative estimate of drug-likeness (QED) is 0.507. The topological polar surface area (TPSA) is 63.0 Å². The fourth-order valence-corrected chi connectivity index (χ4v) is 3.09. The van der Waals surface area contributed by atoms with Crippen LogP contribution in [-0.2, 0) is 17.8 Å². The zero-order valence-corrected chi connectivity index (χ0v) is 16.6. The molecule has 0 spiro atoms. The van der Waals surface area contributed by atoms with Crippen LogP contribution in [0.2, 0.25) is 0 Å². The highest BCUT2D eigenvalue weighted by Crippen LogP contribution is 2.13. The SMILES string of the molecule is CN=C(NCCn1cccc1)NCc1cccc(OCCN2CCOCC2)c1. The Labute approximate surface area is 167 Å². The van der Waals surface area contributed by atoms with Gasteiger partial charge in [-0.25, -0.2) is 0 Å². The van der Waals surface area contributed by atoms with Crippen molar-refractivity contribution in [2.75, 3.05) is 53.0 Å². The molecule has 2 aromatic rings. The van der Waals surface area contributed by atoms with Crippen molar-refractivity contribution in [1.82, 2.24) is 20.1 Å². The molecule has 3 rings (SSSR count). The summed E-state index contributed by atoms with van der Waals surface area (Å²) in [5, 5.41) is 6.69. The van der Waals surface area contributed by atoms with Crippen molar-refractivity contribution < 1.29 is 9.47 Å². The van der Waals surface area contributed by atoms with Crippen LogP contribution in [0, 0.1) is 0 Å². The molecule has 1 aromatic heterocycles. The second-order valence-electron chi connectivity index (χ2n) is 6.72. The van der Waals surface area contributed by atoms with E-state index in [0.29, 0.717) is 13.2 Å². The number of aliphatic imine (C=N–C) groups is 1. The van der Waals surface area contributed by atoms with Crippen LogP contribution in [0.1, 0.15) is 5.56 Å². The Morgan fingerprint density at radius 2 is 1.93 bits per heavy atom. The molecule has 2 N–H and O–H groups in total. The van der Waals surface area contributed by atoms with Gasteiger partial charge in [0.15, 0.2) is 5.96 Å². The lowest BCUT2D eigenvalue weighted by Gasteiger charge is -2.26. The van der Waals surface area contributed by atoms with E-state index in [-0.39, 0.29) is 0 Å². The highest BCUT2D eigenvalue weighted by molar-refractivity contribution is 5.79. The van der Waals surface area contributed by atoms with Gasteiger partial charge < -0.3 is 24.7 Å². The monoisotopic (exact) mass is 385 g/mol. The Morgan fingerprint density at radius 1 is 1.11 bits per heavy atom. The lowest BCUT2D eigenvalue weighted by Crippen LogP contribution is -2.38. The average Bonchev–Trinajstić information content (AvgIpc) is 3.25. The van der Waals surface area contributed by atoms with Gasteiger partial charge in [0.2, 0.25) is 0 Å². The minimum absolute atomic E-state index is 0.694. The molecule has 1 aliphatic rings. The summed E-state index contributed by atoms with van der Waals surface area (Å²) >= 11 is 0. The summed E-state index contributed by atoms with van der Waals surface area (Å²) < 4.78 is 13.4. The largest absolute Gasteiger partial charge is 0.492 e. The smallest absolute Gasteiger partial charge is 0.191 e. The third-order valence-corrected chi connectivity index (χ3v) is 4.69. The summed E-state index contributed by atoms with van der Waals surface area (Å²) in [6.45, 7) is 7.67. The highest BCUT2D eigenvalue weighted by atomic mass is 16.5. The first-order valence-corrected chi connectivity index (χ1v) is 9.90. The fraction of sp³-hybridized carbons (Fsp3) is 0.476. The van der Waals surface area contributed by atoms with Crippen LogP contribution in [-0.4, -0.2) is 68.5 Å². The van der Waals surface area contributed by atoms with Crippen molar-refractivity contribution in [3.05, 3.63) is 54.4 Å². The zero-order valence-electron chi connectivity index (χ0n) is 16.6.